The Morgan fingerprint density at radius 2 is 1.82 bits per heavy atom. The van der Waals surface area contributed by atoms with Crippen molar-refractivity contribution < 1.29 is 34.3 Å². The van der Waals surface area contributed by atoms with Gasteiger partial charge in [-0.1, -0.05) is 42.5 Å². The van der Waals surface area contributed by atoms with Crippen LogP contribution >= 0.6 is 0 Å². The summed E-state index contributed by atoms with van der Waals surface area (Å²) in [5.74, 6) is -5.25. The molecule has 4 atom stereocenters. The number of aliphatic carboxylic acids is 1. The molecule has 0 radical (unpaired) electrons. The quantitative estimate of drug-likeness (QED) is 0.243. The predicted molar refractivity (Wildman–Crippen MR) is 134 cm³/mol. The maximum atomic E-state index is 13.9. The number of rotatable bonds is 7. The monoisotopic (exact) mass is 517 g/mol. The number of nitro benzene ring substituents is 1. The molecule has 5 rings (SSSR count). The highest BCUT2D eigenvalue weighted by atomic mass is 16.6. The number of carbonyl (C=O) groups excluding carboxylic acids is 2. The lowest BCUT2D eigenvalue weighted by molar-refractivity contribution is -0.384. The van der Waals surface area contributed by atoms with E-state index in [0.29, 0.717) is 11.1 Å². The number of phenolic OH excluding ortho intramolecular Hbond substituents is 1. The number of imide groups is 1. The predicted octanol–water partition coefficient (Wildman–Crippen LogP) is 2.83. The van der Waals surface area contributed by atoms with Gasteiger partial charge in [-0.25, -0.2) is 4.90 Å². The van der Waals surface area contributed by atoms with Crippen LogP contribution in [0.25, 0.3) is 0 Å². The number of anilines is 1. The molecule has 2 aliphatic heterocycles. The minimum absolute atomic E-state index is 0.00960. The van der Waals surface area contributed by atoms with Crippen molar-refractivity contribution >= 4 is 29.2 Å². The van der Waals surface area contributed by atoms with Crippen molar-refractivity contribution in [1.29, 1.82) is 0 Å². The van der Waals surface area contributed by atoms with E-state index >= 15 is 0 Å². The number of amides is 2. The molecule has 3 aromatic rings. The number of nitrogens with one attached hydrogen (secondary N) is 1. The molecular formula is C27H23N3O8. The fourth-order valence-corrected chi connectivity index (χ4v) is 5.53. The molecule has 11 nitrogen and oxygen atoms in total. The Morgan fingerprint density at radius 1 is 1.08 bits per heavy atom. The average molecular weight is 517 g/mol. The number of carbonyl (C=O) groups is 3. The van der Waals surface area contributed by atoms with Gasteiger partial charge in [0.25, 0.3) is 5.69 Å². The second-order valence-corrected chi connectivity index (χ2v) is 9.28. The van der Waals surface area contributed by atoms with Crippen LogP contribution in [0.3, 0.4) is 0 Å². The van der Waals surface area contributed by atoms with Gasteiger partial charge in [0, 0.05) is 24.6 Å². The third-order valence-electron chi connectivity index (χ3n) is 7.22. The largest absolute Gasteiger partial charge is 0.504 e. The molecule has 0 spiro atoms. The van der Waals surface area contributed by atoms with Gasteiger partial charge in [0.05, 0.1) is 29.6 Å². The molecule has 2 heterocycles. The second kappa shape index (κ2) is 9.27. The Kier molecular flexibility index (Phi) is 6.08. The van der Waals surface area contributed by atoms with Crippen LogP contribution in [0.2, 0.25) is 0 Å². The molecule has 38 heavy (non-hydrogen) atoms. The molecular weight excluding hydrogens is 494 g/mol. The van der Waals surface area contributed by atoms with E-state index in [1.807, 2.05) is 0 Å². The Labute approximate surface area is 216 Å². The van der Waals surface area contributed by atoms with Gasteiger partial charge in [0.15, 0.2) is 11.5 Å². The van der Waals surface area contributed by atoms with Gasteiger partial charge in [-0.2, -0.15) is 0 Å². The standard InChI is InChI=1S/C27H23N3O8/c1-38-20-12-16(10-11-19(20)31)23-21-22(27(28-23,26(34)35)14-15-6-3-2-4-7-15)25(33)29(24(21)32)17-8-5-9-18(13-17)30(36)37/h2-13,21-23,28,31H,14H2,1H3,(H,34,35). The van der Waals surface area contributed by atoms with Gasteiger partial charge >= 0.3 is 5.97 Å². The van der Waals surface area contributed by atoms with Crippen LogP contribution in [-0.2, 0) is 20.8 Å². The Bertz CT molecular complexity index is 1460. The third kappa shape index (κ3) is 3.84. The molecule has 0 aromatic heterocycles. The van der Waals surface area contributed by atoms with E-state index in [-0.39, 0.29) is 29.3 Å². The number of carboxylic acid groups (broad SMARTS) is 1. The van der Waals surface area contributed by atoms with E-state index in [9.17, 15) is 34.7 Å². The normalized spacial score (nSPS) is 24.3. The van der Waals surface area contributed by atoms with Crippen molar-refractivity contribution in [1.82, 2.24) is 5.32 Å². The average Bonchev–Trinajstić information content (AvgIpc) is 3.38. The first kappa shape index (κ1) is 24.9. The van der Waals surface area contributed by atoms with Gasteiger partial charge in [0.1, 0.15) is 5.54 Å². The zero-order chi connectivity index (χ0) is 27.2. The van der Waals surface area contributed by atoms with Gasteiger partial charge in [0.2, 0.25) is 11.8 Å². The van der Waals surface area contributed by atoms with Crippen LogP contribution in [0.1, 0.15) is 17.2 Å². The molecule has 3 N–H and O–H groups in total. The third-order valence-corrected chi connectivity index (χ3v) is 7.22. The highest BCUT2D eigenvalue weighted by Gasteiger charge is 2.68. The van der Waals surface area contributed by atoms with E-state index in [1.165, 1.54) is 43.5 Å². The summed E-state index contributed by atoms with van der Waals surface area (Å²) in [4.78, 5) is 52.3. The summed E-state index contributed by atoms with van der Waals surface area (Å²) in [6.45, 7) is 0. The molecule has 0 saturated carbocycles. The van der Waals surface area contributed by atoms with E-state index in [4.69, 9.17) is 4.74 Å². The van der Waals surface area contributed by atoms with Crippen LogP contribution in [0, 0.1) is 22.0 Å². The van der Waals surface area contributed by atoms with Crippen molar-refractivity contribution in [3.8, 4) is 11.5 Å². The fraction of sp³-hybridized carbons (Fsp3) is 0.222. The van der Waals surface area contributed by atoms with Crippen LogP contribution in [-0.4, -0.2) is 45.6 Å². The lowest BCUT2D eigenvalue weighted by Gasteiger charge is -2.31. The van der Waals surface area contributed by atoms with Gasteiger partial charge in [-0.3, -0.25) is 29.8 Å². The number of nitro groups is 1. The van der Waals surface area contributed by atoms with Crippen molar-refractivity contribution in [3.05, 3.63) is 94.0 Å². The fourth-order valence-electron chi connectivity index (χ4n) is 5.53. The number of aromatic hydroxyl groups is 1. The maximum absolute atomic E-state index is 13.9. The number of ether oxygens (including phenoxy) is 1. The number of hydrogen-bond donors (Lipinski definition) is 3. The van der Waals surface area contributed by atoms with Gasteiger partial charge in [-0.05, 0) is 29.3 Å². The lowest BCUT2D eigenvalue weighted by Crippen LogP contribution is -2.57. The van der Waals surface area contributed by atoms with Crippen molar-refractivity contribution in [2.45, 2.75) is 18.0 Å². The summed E-state index contributed by atoms with van der Waals surface area (Å²) in [6.07, 6.45) is -0.0993. The second-order valence-electron chi connectivity index (χ2n) is 9.28. The van der Waals surface area contributed by atoms with Crippen LogP contribution in [0.4, 0.5) is 11.4 Å². The van der Waals surface area contributed by atoms with Crippen molar-refractivity contribution in [2.75, 3.05) is 12.0 Å². The zero-order valence-electron chi connectivity index (χ0n) is 20.1. The van der Waals surface area contributed by atoms with E-state index in [1.54, 1.807) is 30.3 Å². The SMILES string of the molecule is COc1cc(C2NC(Cc3ccccc3)(C(=O)O)C3C(=O)N(c4cccc([N+](=O)[O-])c4)C(=O)C23)ccc1O. The number of benzene rings is 3. The number of fused-ring (bicyclic) bond motifs is 1. The Balaban J connectivity index is 1.67. The molecule has 194 valence electrons. The highest BCUT2D eigenvalue weighted by molar-refractivity contribution is 6.24. The first-order chi connectivity index (χ1) is 18.2. The summed E-state index contributed by atoms with van der Waals surface area (Å²) in [5, 5.41) is 35.1. The number of non-ortho nitro benzene ring substituents is 1. The lowest BCUT2D eigenvalue weighted by atomic mass is 9.76. The minimum atomic E-state index is -1.87. The first-order valence-corrected chi connectivity index (χ1v) is 11.7. The van der Waals surface area contributed by atoms with Crippen LogP contribution in [0.15, 0.2) is 72.8 Å². The first-order valence-electron chi connectivity index (χ1n) is 11.7. The summed E-state index contributed by atoms with van der Waals surface area (Å²) in [5.41, 5.74) is -1.12. The molecule has 4 unspecified atom stereocenters. The number of carboxylic acids is 1. The van der Waals surface area contributed by atoms with Crippen molar-refractivity contribution in [2.24, 2.45) is 11.8 Å². The van der Waals surface area contributed by atoms with E-state index in [0.717, 1.165) is 11.0 Å². The number of nitrogens with zero attached hydrogens (tertiary/aromatic N) is 2. The Hall–Kier alpha value is -4.77. The molecule has 0 bridgehead atoms. The molecule has 2 fully saturated rings. The number of methoxy groups -OCH3 is 1. The highest BCUT2D eigenvalue weighted by Crippen LogP contribution is 2.51. The van der Waals surface area contributed by atoms with Gasteiger partial charge in [-0.15, -0.1) is 0 Å². The van der Waals surface area contributed by atoms with Gasteiger partial charge < -0.3 is 14.9 Å². The zero-order valence-corrected chi connectivity index (χ0v) is 20.1. The summed E-state index contributed by atoms with van der Waals surface area (Å²) < 4.78 is 5.21. The molecule has 2 saturated heterocycles. The Morgan fingerprint density at radius 3 is 2.47 bits per heavy atom. The summed E-state index contributed by atoms with van der Waals surface area (Å²) >= 11 is 0. The van der Waals surface area contributed by atoms with E-state index in [2.05, 4.69) is 5.32 Å². The van der Waals surface area contributed by atoms with Crippen molar-refractivity contribution in [3.63, 3.8) is 0 Å². The molecule has 11 heteroatoms. The topological polar surface area (TPSA) is 159 Å². The summed E-state index contributed by atoms with van der Waals surface area (Å²) in [7, 11) is 1.36. The minimum Gasteiger partial charge on any atom is -0.504 e. The molecule has 2 amide bonds. The van der Waals surface area contributed by atoms with E-state index < -0.39 is 46.1 Å². The smallest absolute Gasteiger partial charge is 0.325 e. The van der Waals surface area contributed by atoms with Crippen LogP contribution in [0.5, 0.6) is 11.5 Å². The summed E-state index contributed by atoms with van der Waals surface area (Å²) in [6, 6.07) is 17.3. The van der Waals surface area contributed by atoms with Crippen LogP contribution < -0.4 is 15.0 Å². The number of hydrogen-bond acceptors (Lipinski definition) is 8. The maximum Gasteiger partial charge on any atom is 0.325 e. The number of phenols is 1. The molecule has 3 aromatic carbocycles. The molecule has 2 aliphatic rings. The molecule has 0 aliphatic carbocycles.